The van der Waals surface area contributed by atoms with Crippen molar-refractivity contribution in [2.75, 3.05) is 6.79 Å². The molecule has 7 nitrogen and oxygen atoms in total. The Morgan fingerprint density at radius 2 is 1.81 bits per heavy atom. The minimum absolute atomic E-state index is 0.00360. The highest BCUT2D eigenvalue weighted by Crippen LogP contribution is 2.32. The van der Waals surface area contributed by atoms with Crippen LogP contribution in [0.3, 0.4) is 0 Å². The third-order valence-corrected chi connectivity index (χ3v) is 6.18. The quantitative estimate of drug-likeness (QED) is 0.253. The van der Waals surface area contributed by atoms with Crippen LogP contribution in [0.4, 0.5) is 0 Å². The molecule has 1 N–H and O–H groups in total. The zero-order valence-electron chi connectivity index (χ0n) is 19.1. The Kier molecular flexibility index (Phi) is 6.83. The summed E-state index contributed by atoms with van der Waals surface area (Å²) in [4.78, 5) is 12.9. The predicted molar refractivity (Wildman–Crippen MR) is 139 cm³/mol. The molecular formula is C28H21BrN4O3. The molecule has 0 bridgehead atoms. The molecule has 1 aromatic heterocycles. The van der Waals surface area contributed by atoms with Crippen LogP contribution < -0.4 is 14.8 Å². The molecule has 0 fully saturated rings. The number of hydrogen-bond donors (Lipinski definition) is 1. The molecule has 0 saturated carbocycles. The third kappa shape index (κ3) is 5.32. The summed E-state index contributed by atoms with van der Waals surface area (Å²) < 4.78 is 13.5. The van der Waals surface area contributed by atoms with E-state index in [1.165, 1.54) is 0 Å². The SMILES string of the molecule is N#CC(=Cc1cn(Cc2ccc(Br)cc2)nc1-c1ccccc1)C(=O)NCc1ccc2c(c1)OCO2. The van der Waals surface area contributed by atoms with Crippen LogP contribution in [0, 0.1) is 11.3 Å². The molecule has 0 saturated heterocycles. The number of hydrogen-bond acceptors (Lipinski definition) is 5. The van der Waals surface area contributed by atoms with Crippen LogP contribution in [0.25, 0.3) is 17.3 Å². The third-order valence-electron chi connectivity index (χ3n) is 5.65. The monoisotopic (exact) mass is 540 g/mol. The fourth-order valence-corrected chi connectivity index (χ4v) is 4.12. The number of halogens is 1. The van der Waals surface area contributed by atoms with Gasteiger partial charge in [0.15, 0.2) is 11.5 Å². The van der Waals surface area contributed by atoms with Crippen molar-refractivity contribution < 1.29 is 14.3 Å². The van der Waals surface area contributed by atoms with Gasteiger partial charge in [0.05, 0.1) is 12.2 Å². The smallest absolute Gasteiger partial charge is 0.262 e. The first kappa shape index (κ1) is 23.4. The molecule has 1 aliphatic rings. The molecule has 178 valence electrons. The normalized spacial score (nSPS) is 12.3. The highest BCUT2D eigenvalue weighted by Gasteiger charge is 2.16. The van der Waals surface area contributed by atoms with E-state index in [9.17, 15) is 10.1 Å². The number of nitrogens with zero attached hydrogens (tertiary/aromatic N) is 3. The zero-order valence-corrected chi connectivity index (χ0v) is 20.7. The zero-order chi connectivity index (χ0) is 24.9. The summed E-state index contributed by atoms with van der Waals surface area (Å²) in [5.74, 6) is 0.856. The van der Waals surface area contributed by atoms with Gasteiger partial charge in [0, 0.05) is 28.3 Å². The van der Waals surface area contributed by atoms with E-state index in [1.807, 2.05) is 83.7 Å². The number of rotatable bonds is 7. The van der Waals surface area contributed by atoms with Crippen molar-refractivity contribution in [2.45, 2.75) is 13.1 Å². The average molecular weight is 541 g/mol. The van der Waals surface area contributed by atoms with E-state index in [1.54, 1.807) is 12.1 Å². The van der Waals surface area contributed by atoms with E-state index >= 15 is 0 Å². The summed E-state index contributed by atoms with van der Waals surface area (Å²) in [6.45, 7) is 0.994. The Bertz CT molecular complexity index is 1470. The van der Waals surface area contributed by atoms with Crippen molar-refractivity contribution in [3.8, 4) is 28.8 Å². The largest absolute Gasteiger partial charge is 0.454 e. The number of nitrogens with one attached hydrogen (secondary N) is 1. The summed E-state index contributed by atoms with van der Waals surface area (Å²) >= 11 is 3.46. The maximum Gasteiger partial charge on any atom is 0.262 e. The lowest BCUT2D eigenvalue weighted by Crippen LogP contribution is -2.23. The summed E-state index contributed by atoms with van der Waals surface area (Å²) in [5.41, 5.74) is 4.21. The number of carbonyl (C=O) groups excluding carboxylic acids is 1. The van der Waals surface area contributed by atoms with Crippen LogP contribution in [0.15, 0.2) is 89.0 Å². The van der Waals surface area contributed by atoms with E-state index in [-0.39, 0.29) is 18.9 Å². The fraction of sp³-hybridized carbons (Fsp3) is 0.107. The summed E-state index contributed by atoms with van der Waals surface area (Å²) in [7, 11) is 0. The minimum atomic E-state index is -0.463. The van der Waals surface area contributed by atoms with Crippen LogP contribution in [0.2, 0.25) is 0 Å². The topological polar surface area (TPSA) is 89.2 Å². The Labute approximate surface area is 216 Å². The molecule has 0 spiro atoms. The first-order chi connectivity index (χ1) is 17.6. The van der Waals surface area contributed by atoms with Gasteiger partial charge in [-0.25, -0.2) is 0 Å². The summed E-state index contributed by atoms with van der Waals surface area (Å²) in [5, 5.41) is 17.3. The average Bonchev–Trinajstić information content (AvgIpc) is 3.54. The van der Waals surface area contributed by atoms with Gasteiger partial charge in [-0.15, -0.1) is 0 Å². The van der Waals surface area contributed by atoms with Gasteiger partial charge in [0.25, 0.3) is 5.91 Å². The maximum atomic E-state index is 12.9. The molecular weight excluding hydrogens is 520 g/mol. The predicted octanol–water partition coefficient (Wildman–Crippen LogP) is 5.31. The van der Waals surface area contributed by atoms with Crippen molar-refractivity contribution in [1.29, 1.82) is 5.26 Å². The highest BCUT2D eigenvalue weighted by atomic mass is 79.9. The molecule has 36 heavy (non-hydrogen) atoms. The van der Waals surface area contributed by atoms with Gasteiger partial charge >= 0.3 is 0 Å². The summed E-state index contributed by atoms with van der Waals surface area (Å²) in [6.07, 6.45) is 3.44. The molecule has 0 aliphatic carbocycles. The fourth-order valence-electron chi connectivity index (χ4n) is 3.85. The van der Waals surface area contributed by atoms with E-state index in [2.05, 4.69) is 21.2 Å². The lowest BCUT2D eigenvalue weighted by atomic mass is 10.1. The first-order valence-corrected chi connectivity index (χ1v) is 12.0. The summed E-state index contributed by atoms with van der Waals surface area (Å²) in [6, 6.07) is 25.2. The van der Waals surface area contributed by atoms with Gasteiger partial charge in [0.2, 0.25) is 6.79 Å². The van der Waals surface area contributed by atoms with E-state index in [0.29, 0.717) is 29.3 Å². The van der Waals surface area contributed by atoms with Crippen molar-refractivity contribution in [2.24, 2.45) is 0 Å². The lowest BCUT2D eigenvalue weighted by molar-refractivity contribution is -0.117. The van der Waals surface area contributed by atoms with E-state index in [0.717, 1.165) is 21.2 Å². The number of benzene rings is 3. The van der Waals surface area contributed by atoms with Gasteiger partial charge in [-0.1, -0.05) is 64.5 Å². The van der Waals surface area contributed by atoms with Crippen molar-refractivity contribution >= 4 is 27.9 Å². The molecule has 3 aromatic carbocycles. The molecule has 4 aromatic rings. The van der Waals surface area contributed by atoms with Gasteiger partial charge < -0.3 is 14.8 Å². The van der Waals surface area contributed by atoms with Crippen LogP contribution in [-0.2, 0) is 17.9 Å². The standard InChI is InChI=1S/C28H21BrN4O3/c29-24-9-6-19(7-10-24)16-33-17-23(27(32-33)21-4-2-1-3-5-21)13-22(14-30)28(34)31-15-20-8-11-25-26(12-20)36-18-35-25/h1-13,17H,15-16,18H2,(H,31,34). The van der Waals surface area contributed by atoms with Crippen LogP contribution in [0.1, 0.15) is 16.7 Å². The number of nitriles is 1. The maximum absolute atomic E-state index is 12.9. The van der Waals surface area contributed by atoms with Crippen LogP contribution in [-0.4, -0.2) is 22.5 Å². The van der Waals surface area contributed by atoms with Gasteiger partial charge in [0.1, 0.15) is 11.6 Å². The number of aromatic nitrogens is 2. The van der Waals surface area contributed by atoms with Crippen molar-refractivity contribution in [1.82, 2.24) is 15.1 Å². The number of ether oxygens (including phenoxy) is 2. The second-order valence-corrected chi connectivity index (χ2v) is 9.08. The lowest BCUT2D eigenvalue weighted by Gasteiger charge is -2.06. The number of amides is 1. The van der Waals surface area contributed by atoms with Crippen molar-refractivity contribution in [3.63, 3.8) is 0 Å². The Balaban J connectivity index is 1.39. The molecule has 0 unspecified atom stereocenters. The first-order valence-electron chi connectivity index (χ1n) is 11.2. The Morgan fingerprint density at radius 3 is 2.58 bits per heavy atom. The van der Waals surface area contributed by atoms with Crippen molar-refractivity contribution in [3.05, 3.63) is 106 Å². The molecule has 8 heteroatoms. The Hall–Kier alpha value is -4.35. The molecule has 0 radical (unpaired) electrons. The van der Waals surface area contributed by atoms with Gasteiger partial charge in [-0.2, -0.15) is 10.4 Å². The molecule has 2 heterocycles. The van der Waals surface area contributed by atoms with Crippen LogP contribution in [0.5, 0.6) is 11.5 Å². The second kappa shape index (κ2) is 10.5. The Morgan fingerprint density at radius 1 is 1.06 bits per heavy atom. The minimum Gasteiger partial charge on any atom is -0.454 e. The number of fused-ring (bicyclic) bond motifs is 1. The molecule has 1 amide bonds. The molecule has 1 aliphatic heterocycles. The second-order valence-electron chi connectivity index (χ2n) is 8.16. The van der Waals surface area contributed by atoms with Crippen LogP contribution >= 0.6 is 15.9 Å². The molecule has 0 atom stereocenters. The van der Waals surface area contributed by atoms with E-state index < -0.39 is 5.91 Å². The highest BCUT2D eigenvalue weighted by molar-refractivity contribution is 9.10. The van der Waals surface area contributed by atoms with Gasteiger partial charge in [-0.3, -0.25) is 9.48 Å². The van der Waals surface area contributed by atoms with E-state index in [4.69, 9.17) is 14.6 Å². The molecule has 5 rings (SSSR count). The number of carbonyl (C=O) groups is 1. The van der Waals surface area contributed by atoms with Gasteiger partial charge in [-0.05, 0) is 41.5 Å².